The van der Waals surface area contributed by atoms with Crippen molar-refractivity contribution in [2.45, 2.75) is 33.1 Å². The Hall–Kier alpha value is -0.0400. The summed E-state index contributed by atoms with van der Waals surface area (Å²) in [6, 6.07) is 0. The van der Waals surface area contributed by atoms with Crippen molar-refractivity contribution < 1.29 is 4.74 Å². The Morgan fingerprint density at radius 2 is 2.08 bits per heavy atom. The second-order valence-electron chi connectivity index (χ2n) is 5.15. The van der Waals surface area contributed by atoms with Crippen LogP contribution in [0.15, 0.2) is 0 Å². The van der Waals surface area contributed by atoms with E-state index in [0.717, 1.165) is 24.4 Å². The van der Waals surface area contributed by atoms with E-state index in [1.165, 1.54) is 19.3 Å². The molecule has 1 heteroatoms. The maximum absolute atomic E-state index is 5.27. The minimum absolute atomic E-state index is 0.626. The standard InChI is InChI=1S/C11H20O/c1-11(2)9-5-4-8(7-12-3)10(11)6-9/h8-10H,4-7H2,1-3H3/t8?,9-,10?/m1/s1. The van der Waals surface area contributed by atoms with Crippen molar-refractivity contribution >= 4 is 0 Å². The zero-order valence-electron chi connectivity index (χ0n) is 8.47. The van der Waals surface area contributed by atoms with Gasteiger partial charge in [0.25, 0.3) is 0 Å². The van der Waals surface area contributed by atoms with Gasteiger partial charge in [0.15, 0.2) is 0 Å². The lowest BCUT2D eigenvalue weighted by Gasteiger charge is -2.60. The molecular weight excluding hydrogens is 148 g/mol. The third-order valence-electron chi connectivity index (χ3n) is 4.38. The summed E-state index contributed by atoms with van der Waals surface area (Å²) in [7, 11) is 1.83. The van der Waals surface area contributed by atoms with Gasteiger partial charge >= 0.3 is 0 Å². The van der Waals surface area contributed by atoms with Gasteiger partial charge in [0.1, 0.15) is 0 Å². The quantitative estimate of drug-likeness (QED) is 0.616. The first-order valence-electron chi connectivity index (χ1n) is 5.15. The molecule has 2 unspecified atom stereocenters. The van der Waals surface area contributed by atoms with E-state index in [-0.39, 0.29) is 0 Å². The maximum Gasteiger partial charge on any atom is 0.0493 e. The first-order valence-corrected chi connectivity index (χ1v) is 5.15. The number of rotatable bonds is 2. The second-order valence-corrected chi connectivity index (χ2v) is 5.15. The molecule has 3 aliphatic rings. The Bertz CT molecular complexity index is 170. The molecule has 3 atom stereocenters. The summed E-state index contributed by atoms with van der Waals surface area (Å²) in [5.41, 5.74) is 0.626. The average Bonchev–Trinajstić information content (AvgIpc) is 2.05. The van der Waals surface area contributed by atoms with Gasteiger partial charge in [-0.2, -0.15) is 0 Å². The van der Waals surface area contributed by atoms with Crippen molar-refractivity contribution in [3.8, 4) is 0 Å². The minimum Gasteiger partial charge on any atom is -0.384 e. The normalized spacial score (nSPS) is 43.8. The molecule has 3 saturated carbocycles. The molecule has 0 heterocycles. The zero-order valence-corrected chi connectivity index (χ0v) is 8.47. The Labute approximate surface area is 75.5 Å². The van der Waals surface area contributed by atoms with E-state index in [0.29, 0.717) is 5.41 Å². The molecule has 0 N–H and O–H groups in total. The highest BCUT2D eigenvalue weighted by molar-refractivity contribution is 5.03. The first kappa shape index (κ1) is 8.55. The Balaban J connectivity index is 2.01. The molecular formula is C11H20O. The van der Waals surface area contributed by atoms with Gasteiger partial charge in [0.05, 0.1) is 0 Å². The summed E-state index contributed by atoms with van der Waals surface area (Å²) < 4.78 is 5.27. The van der Waals surface area contributed by atoms with Crippen molar-refractivity contribution in [3.05, 3.63) is 0 Å². The number of methoxy groups -OCH3 is 1. The fraction of sp³-hybridized carbons (Fsp3) is 1.00. The van der Waals surface area contributed by atoms with E-state index in [1.54, 1.807) is 0 Å². The number of fused-ring (bicyclic) bond motifs is 2. The van der Waals surface area contributed by atoms with Crippen molar-refractivity contribution in [1.29, 1.82) is 0 Å². The molecule has 0 aromatic rings. The summed E-state index contributed by atoms with van der Waals surface area (Å²) in [5, 5.41) is 0. The predicted octanol–water partition coefficient (Wildman–Crippen LogP) is 2.71. The van der Waals surface area contributed by atoms with Crippen LogP contribution in [-0.4, -0.2) is 13.7 Å². The maximum atomic E-state index is 5.27. The van der Waals surface area contributed by atoms with Crippen LogP contribution in [0.1, 0.15) is 33.1 Å². The summed E-state index contributed by atoms with van der Waals surface area (Å²) in [6.45, 7) is 5.86. The second kappa shape index (κ2) is 2.73. The Kier molecular flexibility index (Phi) is 1.95. The van der Waals surface area contributed by atoms with Crippen LogP contribution in [-0.2, 0) is 4.74 Å². The highest BCUT2D eigenvalue weighted by atomic mass is 16.5. The summed E-state index contributed by atoms with van der Waals surface area (Å²) in [5.74, 6) is 2.84. The zero-order chi connectivity index (χ0) is 8.77. The molecule has 0 radical (unpaired) electrons. The first-order chi connectivity index (χ1) is 5.66. The highest BCUT2D eigenvalue weighted by Gasteiger charge is 2.53. The van der Waals surface area contributed by atoms with Crippen LogP contribution in [0.3, 0.4) is 0 Å². The van der Waals surface area contributed by atoms with Crippen LogP contribution < -0.4 is 0 Å². The van der Waals surface area contributed by atoms with Gasteiger partial charge in [0.2, 0.25) is 0 Å². The van der Waals surface area contributed by atoms with Gasteiger partial charge in [-0.05, 0) is 42.4 Å². The number of ether oxygens (including phenoxy) is 1. The van der Waals surface area contributed by atoms with Crippen molar-refractivity contribution in [2.75, 3.05) is 13.7 Å². The van der Waals surface area contributed by atoms with E-state index in [9.17, 15) is 0 Å². The van der Waals surface area contributed by atoms with Gasteiger partial charge in [-0.25, -0.2) is 0 Å². The average molecular weight is 168 g/mol. The van der Waals surface area contributed by atoms with E-state index >= 15 is 0 Å². The van der Waals surface area contributed by atoms with E-state index in [2.05, 4.69) is 13.8 Å². The molecule has 0 amide bonds. The number of hydrogen-bond donors (Lipinski definition) is 0. The molecule has 12 heavy (non-hydrogen) atoms. The third kappa shape index (κ3) is 1.02. The van der Waals surface area contributed by atoms with Crippen molar-refractivity contribution in [1.82, 2.24) is 0 Å². The van der Waals surface area contributed by atoms with Crippen molar-refractivity contribution in [3.63, 3.8) is 0 Å². The Morgan fingerprint density at radius 1 is 1.33 bits per heavy atom. The summed E-state index contributed by atoms with van der Waals surface area (Å²) in [6.07, 6.45) is 4.32. The fourth-order valence-corrected chi connectivity index (χ4v) is 3.38. The third-order valence-corrected chi connectivity index (χ3v) is 4.38. The SMILES string of the molecule is COCC1CC[C@@H]2CC1C2(C)C. The van der Waals surface area contributed by atoms with E-state index in [1.807, 2.05) is 7.11 Å². The lowest BCUT2D eigenvalue weighted by molar-refractivity contribution is -0.120. The largest absolute Gasteiger partial charge is 0.384 e. The fourth-order valence-electron chi connectivity index (χ4n) is 3.38. The molecule has 3 aliphatic carbocycles. The molecule has 2 bridgehead atoms. The predicted molar refractivity (Wildman–Crippen MR) is 50.0 cm³/mol. The molecule has 3 rings (SSSR count). The minimum atomic E-state index is 0.626. The van der Waals surface area contributed by atoms with Crippen molar-refractivity contribution in [2.24, 2.45) is 23.2 Å². The van der Waals surface area contributed by atoms with Gasteiger partial charge in [-0.15, -0.1) is 0 Å². The molecule has 0 aromatic carbocycles. The summed E-state index contributed by atoms with van der Waals surface area (Å²) in [4.78, 5) is 0. The molecule has 3 fully saturated rings. The Morgan fingerprint density at radius 3 is 2.58 bits per heavy atom. The van der Waals surface area contributed by atoms with Crippen LogP contribution >= 0.6 is 0 Å². The van der Waals surface area contributed by atoms with Gasteiger partial charge in [-0.3, -0.25) is 0 Å². The van der Waals surface area contributed by atoms with Gasteiger partial charge in [-0.1, -0.05) is 13.8 Å². The van der Waals surface area contributed by atoms with Crippen LogP contribution in [0.5, 0.6) is 0 Å². The smallest absolute Gasteiger partial charge is 0.0493 e. The van der Waals surface area contributed by atoms with Crippen LogP contribution in [0.4, 0.5) is 0 Å². The molecule has 1 nitrogen and oxygen atoms in total. The van der Waals surface area contributed by atoms with Crippen LogP contribution in [0.2, 0.25) is 0 Å². The molecule has 70 valence electrons. The molecule has 0 aromatic heterocycles. The molecule has 0 aliphatic heterocycles. The van der Waals surface area contributed by atoms with Crippen LogP contribution in [0.25, 0.3) is 0 Å². The lowest BCUT2D eigenvalue weighted by Crippen LogP contribution is -2.53. The number of hydrogen-bond acceptors (Lipinski definition) is 1. The van der Waals surface area contributed by atoms with E-state index in [4.69, 9.17) is 4.74 Å². The molecule has 0 spiro atoms. The topological polar surface area (TPSA) is 9.23 Å². The molecule has 0 saturated heterocycles. The van der Waals surface area contributed by atoms with Gasteiger partial charge in [0, 0.05) is 13.7 Å². The monoisotopic (exact) mass is 168 g/mol. The summed E-state index contributed by atoms with van der Waals surface area (Å²) >= 11 is 0. The highest BCUT2D eigenvalue weighted by Crippen LogP contribution is 2.61. The van der Waals surface area contributed by atoms with Gasteiger partial charge < -0.3 is 4.74 Å². The van der Waals surface area contributed by atoms with Crippen LogP contribution in [0, 0.1) is 23.2 Å². The van der Waals surface area contributed by atoms with E-state index < -0.39 is 0 Å². The lowest BCUT2D eigenvalue weighted by atomic mass is 9.46.